The van der Waals surface area contributed by atoms with Crippen molar-refractivity contribution in [1.82, 2.24) is 4.31 Å². The van der Waals surface area contributed by atoms with Crippen molar-refractivity contribution in [2.45, 2.75) is 11.4 Å². The van der Waals surface area contributed by atoms with Gasteiger partial charge in [0.1, 0.15) is 11.6 Å². The van der Waals surface area contributed by atoms with Gasteiger partial charge in [-0.15, -0.1) is 0 Å². The minimum atomic E-state index is -3.74. The first kappa shape index (κ1) is 16.7. The van der Waals surface area contributed by atoms with Crippen molar-refractivity contribution < 1.29 is 17.5 Å². The summed E-state index contributed by atoms with van der Waals surface area (Å²) in [6, 6.07) is 10.2. The molecule has 7 heteroatoms. The second-order valence-corrected chi connectivity index (χ2v) is 7.09. The number of rotatable bonds is 5. The van der Waals surface area contributed by atoms with E-state index in [1.54, 1.807) is 12.1 Å². The molecule has 0 unspecified atom stereocenters. The molecule has 2 rings (SSSR count). The molecule has 0 fully saturated rings. The van der Waals surface area contributed by atoms with E-state index in [4.69, 9.17) is 16.3 Å². The normalized spacial score (nSPS) is 11.7. The number of ether oxygens (including phenoxy) is 1. The zero-order valence-corrected chi connectivity index (χ0v) is 13.7. The number of hydrogen-bond acceptors (Lipinski definition) is 3. The van der Waals surface area contributed by atoms with Crippen molar-refractivity contribution in [3.05, 3.63) is 58.9 Å². The van der Waals surface area contributed by atoms with Gasteiger partial charge in [-0.3, -0.25) is 0 Å². The minimum absolute atomic E-state index is 0.100. The van der Waals surface area contributed by atoms with Gasteiger partial charge < -0.3 is 4.74 Å². The van der Waals surface area contributed by atoms with Crippen LogP contribution < -0.4 is 4.74 Å². The lowest BCUT2D eigenvalue weighted by molar-refractivity contribution is 0.414. The largest absolute Gasteiger partial charge is 0.497 e. The maximum atomic E-state index is 13.8. The predicted molar refractivity (Wildman–Crippen MR) is 83.1 cm³/mol. The van der Waals surface area contributed by atoms with Gasteiger partial charge in [0.25, 0.3) is 0 Å². The topological polar surface area (TPSA) is 46.6 Å². The van der Waals surface area contributed by atoms with Crippen LogP contribution in [0.5, 0.6) is 5.75 Å². The van der Waals surface area contributed by atoms with Crippen molar-refractivity contribution >= 4 is 21.6 Å². The molecule has 2 aromatic rings. The molecular weight excluding hydrogens is 329 g/mol. The van der Waals surface area contributed by atoms with Crippen LogP contribution in [0.25, 0.3) is 0 Å². The van der Waals surface area contributed by atoms with Gasteiger partial charge in [-0.05, 0) is 36.4 Å². The van der Waals surface area contributed by atoms with Crippen LogP contribution in [0, 0.1) is 5.82 Å². The fraction of sp³-hybridized carbons (Fsp3) is 0.200. The molecule has 0 bridgehead atoms. The number of benzene rings is 2. The van der Waals surface area contributed by atoms with Gasteiger partial charge in [0, 0.05) is 24.2 Å². The summed E-state index contributed by atoms with van der Waals surface area (Å²) in [4.78, 5) is 0.100. The molecule has 0 aliphatic carbocycles. The van der Waals surface area contributed by atoms with E-state index >= 15 is 0 Å². The molecule has 0 aliphatic heterocycles. The first-order valence-corrected chi connectivity index (χ1v) is 8.21. The second kappa shape index (κ2) is 6.64. The summed E-state index contributed by atoms with van der Waals surface area (Å²) in [5.41, 5.74) is 0.142. The van der Waals surface area contributed by atoms with Gasteiger partial charge >= 0.3 is 0 Å². The third-order valence-electron chi connectivity index (χ3n) is 3.21. The fourth-order valence-corrected chi connectivity index (χ4v) is 3.28. The van der Waals surface area contributed by atoms with Crippen LogP contribution in [0.3, 0.4) is 0 Å². The van der Waals surface area contributed by atoms with Crippen molar-refractivity contribution in [3.8, 4) is 5.75 Å². The van der Waals surface area contributed by atoms with Gasteiger partial charge in [-0.25, -0.2) is 12.8 Å². The highest BCUT2D eigenvalue weighted by Gasteiger charge is 2.22. The number of hydrogen-bond donors (Lipinski definition) is 0. The average molecular weight is 344 g/mol. The van der Waals surface area contributed by atoms with Crippen molar-refractivity contribution in [2.24, 2.45) is 0 Å². The molecule has 2 aromatic carbocycles. The van der Waals surface area contributed by atoms with Crippen LogP contribution >= 0.6 is 11.6 Å². The zero-order chi connectivity index (χ0) is 16.3. The number of nitrogens with zero attached hydrogens (tertiary/aromatic N) is 1. The first-order valence-electron chi connectivity index (χ1n) is 6.39. The molecule has 0 aliphatic rings. The Morgan fingerprint density at radius 1 is 1.18 bits per heavy atom. The standard InChI is InChI=1S/C15H15ClFNO3S/c1-18(10-13-14(16)4-3-5-15(13)17)22(19,20)12-8-6-11(21-2)7-9-12/h3-9H,10H2,1-2H3. The molecule has 0 radical (unpaired) electrons. The smallest absolute Gasteiger partial charge is 0.243 e. The molecule has 0 N–H and O–H groups in total. The van der Waals surface area contributed by atoms with Crippen LogP contribution in [0.4, 0.5) is 4.39 Å². The predicted octanol–water partition coefficient (Wildman–Crippen LogP) is 3.31. The Morgan fingerprint density at radius 2 is 1.82 bits per heavy atom. The van der Waals surface area contributed by atoms with E-state index in [9.17, 15) is 12.8 Å². The Kier molecular flexibility index (Phi) is 5.05. The van der Waals surface area contributed by atoms with Crippen LogP contribution in [0.2, 0.25) is 5.02 Å². The maximum absolute atomic E-state index is 13.8. The van der Waals surface area contributed by atoms with E-state index in [2.05, 4.69) is 0 Å². The fourth-order valence-electron chi connectivity index (χ4n) is 1.92. The van der Waals surface area contributed by atoms with E-state index in [1.807, 2.05) is 0 Å². The van der Waals surface area contributed by atoms with Crippen LogP contribution in [0.1, 0.15) is 5.56 Å². The average Bonchev–Trinajstić information content (AvgIpc) is 2.51. The summed E-state index contributed by atoms with van der Waals surface area (Å²) in [7, 11) is -0.870. The van der Waals surface area contributed by atoms with Crippen LogP contribution in [-0.2, 0) is 16.6 Å². The van der Waals surface area contributed by atoms with E-state index < -0.39 is 15.8 Å². The molecular formula is C15H15ClFNO3S. The number of halogens is 2. The zero-order valence-electron chi connectivity index (χ0n) is 12.1. The van der Waals surface area contributed by atoms with E-state index in [-0.39, 0.29) is 22.0 Å². The molecule has 0 atom stereocenters. The Balaban J connectivity index is 2.28. The molecule has 118 valence electrons. The van der Waals surface area contributed by atoms with Crippen LogP contribution in [0.15, 0.2) is 47.4 Å². The first-order chi connectivity index (χ1) is 10.4. The lowest BCUT2D eigenvalue weighted by Crippen LogP contribution is -2.27. The maximum Gasteiger partial charge on any atom is 0.243 e. The number of methoxy groups -OCH3 is 1. The molecule has 0 amide bonds. The lowest BCUT2D eigenvalue weighted by Gasteiger charge is -2.18. The Morgan fingerprint density at radius 3 is 2.36 bits per heavy atom. The summed E-state index contributed by atoms with van der Waals surface area (Å²) < 4.78 is 44.8. The van der Waals surface area contributed by atoms with Gasteiger partial charge in [0.15, 0.2) is 0 Å². The quantitative estimate of drug-likeness (QED) is 0.836. The van der Waals surface area contributed by atoms with Gasteiger partial charge in [-0.2, -0.15) is 4.31 Å². The lowest BCUT2D eigenvalue weighted by atomic mass is 10.2. The molecule has 22 heavy (non-hydrogen) atoms. The molecule has 4 nitrogen and oxygen atoms in total. The Labute approximate surface area is 134 Å². The molecule has 0 spiro atoms. The van der Waals surface area contributed by atoms with Gasteiger partial charge in [0.2, 0.25) is 10.0 Å². The van der Waals surface area contributed by atoms with Gasteiger partial charge in [-0.1, -0.05) is 17.7 Å². The summed E-state index contributed by atoms with van der Waals surface area (Å²) in [5, 5.41) is 0.191. The highest BCUT2D eigenvalue weighted by molar-refractivity contribution is 7.89. The summed E-state index contributed by atoms with van der Waals surface area (Å²) >= 11 is 5.93. The van der Waals surface area contributed by atoms with Crippen molar-refractivity contribution in [2.75, 3.05) is 14.2 Å². The summed E-state index contributed by atoms with van der Waals surface area (Å²) in [6.45, 7) is -0.153. The highest BCUT2D eigenvalue weighted by atomic mass is 35.5. The molecule has 0 aromatic heterocycles. The minimum Gasteiger partial charge on any atom is -0.497 e. The Hall–Kier alpha value is -1.63. The Bertz CT molecular complexity index is 743. The summed E-state index contributed by atoms with van der Waals surface area (Å²) in [6.07, 6.45) is 0. The summed E-state index contributed by atoms with van der Waals surface area (Å²) in [5.74, 6) is 0.0167. The number of sulfonamides is 1. The second-order valence-electron chi connectivity index (χ2n) is 4.64. The molecule has 0 heterocycles. The van der Waals surface area contributed by atoms with Crippen molar-refractivity contribution in [1.29, 1.82) is 0 Å². The SMILES string of the molecule is COc1ccc(S(=O)(=O)N(C)Cc2c(F)cccc2Cl)cc1. The third kappa shape index (κ3) is 3.40. The third-order valence-corrected chi connectivity index (χ3v) is 5.38. The van der Waals surface area contributed by atoms with Crippen LogP contribution in [-0.4, -0.2) is 26.9 Å². The van der Waals surface area contributed by atoms with E-state index in [0.29, 0.717) is 5.75 Å². The monoisotopic (exact) mass is 343 g/mol. The van der Waals surface area contributed by atoms with E-state index in [1.165, 1.54) is 44.5 Å². The highest BCUT2D eigenvalue weighted by Crippen LogP contribution is 2.24. The molecule has 0 saturated carbocycles. The van der Waals surface area contributed by atoms with Crippen molar-refractivity contribution in [3.63, 3.8) is 0 Å². The molecule has 0 saturated heterocycles. The van der Waals surface area contributed by atoms with E-state index in [0.717, 1.165) is 4.31 Å². The van der Waals surface area contributed by atoms with Gasteiger partial charge in [0.05, 0.1) is 12.0 Å².